The van der Waals surface area contributed by atoms with Crippen molar-refractivity contribution in [2.45, 2.75) is 0 Å². The molecule has 0 spiro atoms. The monoisotopic (exact) mass is 794 g/mol. The van der Waals surface area contributed by atoms with Crippen LogP contribution >= 0.6 is 0 Å². The molecule has 1 aliphatic rings. The lowest BCUT2D eigenvalue weighted by Crippen LogP contribution is -2.09. The molecule has 1 aromatic heterocycles. The van der Waals surface area contributed by atoms with E-state index in [1.807, 2.05) is 0 Å². The molecular weight excluding hydrogens is 757 g/mol. The highest BCUT2D eigenvalue weighted by atomic mass is 16.5. The van der Waals surface area contributed by atoms with Crippen LogP contribution in [0.3, 0.4) is 0 Å². The minimum absolute atomic E-state index is 0.834. The second-order valence-corrected chi connectivity index (χ2v) is 15.7. The van der Waals surface area contributed by atoms with Crippen molar-refractivity contribution in [1.82, 2.24) is 0 Å². The predicted octanol–water partition coefficient (Wildman–Crippen LogP) is 16.8. The van der Waals surface area contributed by atoms with E-state index in [-0.39, 0.29) is 0 Å². The van der Waals surface area contributed by atoms with E-state index in [4.69, 9.17) is 9.15 Å². The molecule has 0 saturated carbocycles. The zero-order valence-corrected chi connectivity index (χ0v) is 33.7. The average Bonchev–Trinajstić information content (AvgIpc) is 3.71. The fourth-order valence-electron chi connectivity index (χ4n) is 9.13. The molecule has 0 aliphatic carbocycles. The van der Waals surface area contributed by atoms with Gasteiger partial charge in [-0.15, -0.1) is 0 Å². The number of fused-ring (bicyclic) bond motifs is 6. The third-order valence-electron chi connectivity index (χ3n) is 12.0. The maximum atomic E-state index is 6.76. The van der Waals surface area contributed by atoms with Crippen LogP contribution in [0.1, 0.15) is 0 Å². The quantitative estimate of drug-likeness (QED) is 0.153. The molecule has 0 fully saturated rings. The Hall–Kier alpha value is -8.34. The smallest absolute Gasteiger partial charge is 0.136 e. The van der Waals surface area contributed by atoms with Gasteiger partial charge in [-0.2, -0.15) is 0 Å². The molecule has 0 atom stereocenters. The van der Waals surface area contributed by atoms with Gasteiger partial charge in [0.2, 0.25) is 0 Å². The van der Waals surface area contributed by atoms with E-state index >= 15 is 0 Å². The summed E-state index contributed by atoms with van der Waals surface area (Å²) in [5.41, 5.74) is 15.0. The van der Waals surface area contributed by atoms with Crippen LogP contribution in [0, 0.1) is 0 Å². The van der Waals surface area contributed by atoms with Gasteiger partial charge in [0.15, 0.2) is 0 Å². The number of nitrogens with zero attached hydrogens (tertiary/aromatic N) is 2. The Morgan fingerprint density at radius 3 is 1.27 bits per heavy atom. The van der Waals surface area contributed by atoms with Gasteiger partial charge in [0, 0.05) is 61.4 Å². The van der Waals surface area contributed by atoms with Crippen LogP contribution < -0.4 is 14.5 Å². The minimum Gasteiger partial charge on any atom is -0.456 e. The van der Waals surface area contributed by atoms with Gasteiger partial charge in [-0.1, -0.05) is 121 Å². The lowest BCUT2D eigenvalue weighted by Gasteiger charge is -2.25. The molecule has 2 heterocycles. The fraction of sp³-hybridized carbons (Fsp3) is 0. The van der Waals surface area contributed by atoms with Crippen molar-refractivity contribution in [3.63, 3.8) is 0 Å². The molecule has 0 amide bonds. The summed E-state index contributed by atoms with van der Waals surface area (Å²) in [5, 5.41) is 4.42. The second kappa shape index (κ2) is 14.7. The minimum atomic E-state index is 0.834. The van der Waals surface area contributed by atoms with Gasteiger partial charge >= 0.3 is 0 Å². The Labute approximate surface area is 359 Å². The summed E-state index contributed by atoms with van der Waals surface area (Å²) in [7, 11) is 0. The summed E-state index contributed by atoms with van der Waals surface area (Å²) < 4.78 is 13.5. The van der Waals surface area contributed by atoms with Crippen LogP contribution in [0.4, 0.5) is 34.1 Å². The first-order valence-electron chi connectivity index (χ1n) is 21.0. The van der Waals surface area contributed by atoms with Gasteiger partial charge in [-0.3, -0.25) is 0 Å². The Bertz CT molecular complexity index is 3320. The van der Waals surface area contributed by atoms with E-state index in [1.165, 1.54) is 0 Å². The molecule has 11 aromatic rings. The highest BCUT2D eigenvalue weighted by molar-refractivity contribution is 6.24. The van der Waals surface area contributed by atoms with E-state index in [2.05, 4.69) is 240 Å². The summed E-state index contributed by atoms with van der Waals surface area (Å²) in [6, 6.07) is 81.2. The molecule has 292 valence electrons. The lowest BCUT2D eigenvalue weighted by molar-refractivity contribution is 0.487. The number of anilines is 6. The van der Waals surface area contributed by atoms with Crippen LogP contribution in [0.2, 0.25) is 0 Å². The van der Waals surface area contributed by atoms with Crippen molar-refractivity contribution in [3.05, 3.63) is 231 Å². The van der Waals surface area contributed by atoms with Gasteiger partial charge in [0.25, 0.3) is 0 Å². The molecule has 0 N–H and O–H groups in total. The van der Waals surface area contributed by atoms with Crippen LogP contribution in [-0.4, -0.2) is 0 Å². The molecule has 10 aromatic carbocycles. The largest absolute Gasteiger partial charge is 0.456 e. The number of benzene rings is 10. The molecule has 0 bridgehead atoms. The molecule has 4 heteroatoms. The highest BCUT2D eigenvalue weighted by Crippen LogP contribution is 2.51. The van der Waals surface area contributed by atoms with E-state index in [0.29, 0.717) is 0 Å². The first-order chi connectivity index (χ1) is 30.7. The normalized spacial score (nSPS) is 11.7. The number of hydrogen-bond donors (Lipinski definition) is 0. The molecule has 0 radical (unpaired) electrons. The standard InChI is InChI=1S/C58H38N2O2/c1-5-14-43(15-6-1)59(44-16-7-2-8-17-44)47-30-24-39(25-31-47)41-28-34-49-52-38-56-57(51-22-13-23-53(58(51)52)61-54(49)36-41)50-35-29-42(37-55(50)62-56)40-26-32-48(33-27-40)60(45-18-9-3-10-19-45)46-20-11-4-12-21-46/h1-38H. The fourth-order valence-corrected chi connectivity index (χ4v) is 9.13. The second-order valence-electron chi connectivity index (χ2n) is 15.7. The first kappa shape index (κ1) is 35.6. The van der Waals surface area contributed by atoms with Crippen molar-refractivity contribution in [2.24, 2.45) is 0 Å². The maximum absolute atomic E-state index is 6.76. The van der Waals surface area contributed by atoms with Crippen LogP contribution in [0.25, 0.3) is 66.1 Å². The van der Waals surface area contributed by atoms with Gasteiger partial charge < -0.3 is 19.0 Å². The Kier molecular flexibility index (Phi) is 8.46. The molecule has 1 aliphatic heterocycles. The zero-order valence-electron chi connectivity index (χ0n) is 33.7. The molecular formula is C58H38N2O2. The van der Waals surface area contributed by atoms with Crippen molar-refractivity contribution in [3.8, 4) is 44.9 Å². The number of rotatable bonds is 8. The van der Waals surface area contributed by atoms with E-state index in [0.717, 1.165) is 112 Å². The summed E-state index contributed by atoms with van der Waals surface area (Å²) >= 11 is 0. The van der Waals surface area contributed by atoms with E-state index < -0.39 is 0 Å². The van der Waals surface area contributed by atoms with Gasteiger partial charge in [0.05, 0.1) is 0 Å². The first-order valence-corrected chi connectivity index (χ1v) is 21.0. The Morgan fingerprint density at radius 1 is 0.274 bits per heavy atom. The summed E-state index contributed by atoms with van der Waals surface area (Å²) in [4.78, 5) is 4.56. The number of furan rings is 1. The number of hydrogen-bond acceptors (Lipinski definition) is 4. The van der Waals surface area contributed by atoms with Gasteiger partial charge in [0.1, 0.15) is 22.7 Å². The van der Waals surface area contributed by atoms with Crippen molar-refractivity contribution in [1.29, 1.82) is 0 Å². The summed E-state index contributed by atoms with van der Waals surface area (Å²) in [6.45, 7) is 0. The topological polar surface area (TPSA) is 28.9 Å². The van der Waals surface area contributed by atoms with Gasteiger partial charge in [-0.25, -0.2) is 0 Å². The van der Waals surface area contributed by atoms with Crippen molar-refractivity contribution in [2.75, 3.05) is 9.80 Å². The highest BCUT2D eigenvalue weighted by Gasteiger charge is 2.25. The maximum Gasteiger partial charge on any atom is 0.136 e. The Balaban J connectivity index is 0.882. The molecule has 0 unspecified atom stereocenters. The summed E-state index contributed by atoms with van der Waals surface area (Å²) in [5.74, 6) is 1.69. The van der Waals surface area contributed by atoms with Crippen LogP contribution in [0.5, 0.6) is 11.5 Å². The number of ether oxygens (including phenoxy) is 1. The summed E-state index contributed by atoms with van der Waals surface area (Å²) in [6.07, 6.45) is 0. The van der Waals surface area contributed by atoms with Crippen molar-refractivity contribution < 1.29 is 9.15 Å². The lowest BCUT2D eigenvalue weighted by atomic mass is 9.90. The molecule has 12 rings (SSSR count). The van der Waals surface area contributed by atoms with E-state index in [9.17, 15) is 0 Å². The van der Waals surface area contributed by atoms with Gasteiger partial charge in [-0.05, 0) is 137 Å². The van der Waals surface area contributed by atoms with Crippen LogP contribution in [-0.2, 0) is 0 Å². The Morgan fingerprint density at radius 2 is 0.742 bits per heavy atom. The number of para-hydroxylation sites is 4. The molecule has 4 nitrogen and oxygen atoms in total. The van der Waals surface area contributed by atoms with Crippen molar-refractivity contribution >= 4 is 66.8 Å². The molecule has 62 heavy (non-hydrogen) atoms. The molecule has 0 saturated heterocycles. The van der Waals surface area contributed by atoms with Crippen LogP contribution in [0.15, 0.2) is 235 Å². The third kappa shape index (κ3) is 6.08. The SMILES string of the molecule is c1ccc(N(c2ccccc2)c2ccc(-c3ccc4c(c3)Oc3cccc5c3c-4cc3oc4cc(-c6ccc(N(c7ccccc7)c7ccccc7)cc6)ccc4c35)cc2)cc1. The van der Waals surface area contributed by atoms with E-state index in [1.54, 1.807) is 0 Å². The predicted molar refractivity (Wildman–Crippen MR) is 257 cm³/mol. The average molecular weight is 795 g/mol. The zero-order chi connectivity index (χ0) is 41.0. The third-order valence-corrected chi connectivity index (χ3v) is 12.0.